The molecule has 0 spiro atoms. The minimum atomic E-state index is -0.118. The zero-order chi connectivity index (χ0) is 20.8. The zero-order valence-electron chi connectivity index (χ0n) is 17.2. The van der Waals surface area contributed by atoms with E-state index in [0.717, 1.165) is 43.9 Å². The van der Waals surface area contributed by atoms with Crippen LogP contribution < -0.4 is 10.1 Å². The molecule has 0 saturated carbocycles. The number of amides is 1. The summed E-state index contributed by atoms with van der Waals surface area (Å²) in [6.07, 6.45) is 3.92. The Kier molecular flexibility index (Phi) is 6.77. The van der Waals surface area contributed by atoms with Crippen LogP contribution in [-0.2, 0) is 13.1 Å². The van der Waals surface area contributed by atoms with Crippen molar-refractivity contribution in [3.05, 3.63) is 81.8 Å². The van der Waals surface area contributed by atoms with Crippen molar-refractivity contribution in [1.29, 1.82) is 0 Å². The van der Waals surface area contributed by atoms with Gasteiger partial charge in [-0.15, -0.1) is 11.3 Å². The number of likely N-dealkylation sites (tertiary alicyclic amines) is 1. The number of hydrogen-bond acceptors (Lipinski definition) is 5. The lowest BCUT2D eigenvalue weighted by molar-refractivity contribution is 0.0936. The van der Waals surface area contributed by atoms with Gasteiger partial charge in [0.25, 0.3) is 5.91 Å². The lowest BCUT2D eigenvalue weighted by Crippen LogP contribution is -2.37. The molecule has 1 saturated heterocycles. The van der Waals surface area contributed by atoms with Crippen LogP contribution >= 0.6 is 11.3 Å². The van der Waals surface area contributed by atoms with Crippen molar-refractivity contribution in [3.8, 4) is 5.75 Å². The molecule has 1 aliphatic rings. The highest BCUT2D eigenvalue weighted by Gasteiger charge is 2.21. The van der Waals surface area contributed by atoms with E-state index in [0.29, 0.717) is 12.1 Å². The Morgan fingerprint density at radius 2 is 2.03 bits per heavy atom. The topological polar surface area (TPSA) is 54.5 Å². The van der Waals surface area contributed by atoms with Gasteiger partial charge in [0.05, 0.1) is 12.2 Å². The summed E-state index contributed by atoms with van der Waals surface area (Å²) in [6, 6.07) is 17.5. The summed E-state index contributed by atoms with van der Waals surface area (Å²) in [7, 11) is 0. The van der Waals surface area contributed by atoms with Gasteiger partial charge in [0.1, 0.15) is 11.9 Å². The molecule has 1 amide bonds. The van der Waals surface area contributed by atoms with Crippen LogP contribution in [0.25, 0.3) is 0 Å². The number of aryl methyl sites for hydroxylation is 1. The molecule has 1 aliphatic heterocycles. The number of thiophene rings is 1. The maximum Gasteiger partial charge on any atom is 0.251 e. The van der Waals surface area contributed by atoms with E-state index in [9.17, 15) is 4.79 Å². The Bertz CT molecular complexity index is 965. The molecule has 4 rings (SSSR count). The minimum Gasteiger partial charge on any atom is -0.490 e. The first-order valence-electron chi connectivity index (χ1n) is 10.4. The number of benzene rings is 1. The number of piperidine rings is 1. The van der Waals surface area contributed by atoms with Crippen molar-refractivity contribution in [2.75, 3.05) is 13.1 Å². The number of carbonyl (C=O) groups excluding carboxylic acids is 1. The van der Waals surface area contributed by atoms with Crippen LogP contribution in [0.2, 0.25) is 0 Å². The molecule has 2 aromatic heterocycles. The highest BCUT2D eigenvalue weighted by Crippen LogP contribution is 2.23. The summed E-state index contributed by atoms with van der Waals surface area (Å²) in [4.78, 5) is 22.0. The zero-order valence-corrected chi connectivity index (χ0v) is 18.0. The second kappa shape index (κ2) is 9.87. The van der Waals surface area contributed by atoms with E-state index in [1.807, 2.05) is 53.8 Å². The fourth-order valence-corrected chi connectivity index (χ4v) is 4.59. The van der Waals surface area contributed by atoms with Gasteiger partial charge in [-0.05, 0) is 62.2 Å². The first-order chi connectivity index (χ1) is 14.7. The Morgan fingerprint density at radius 1 is 1.17 bits per heavy atom. The van der Waals surface area contributed by atoms with Gasteiger partial charge in [0, 0.05) is 41.1 Å². The van der Waals surface area contributed by atoms with E-state index >= 15 is 0 Å². The lowest BCUT2D eigenvalue weighted by atomic mass is 10.1. The SMILES string of the molecule is Cc1ccc(CN2CCC(Oc3cccc(C(=O)NCc4ccccn4)c3)CC2)s1. The van der Waals surface area contributed by atoms with Gasteiger partial charge in [-0.3, -0.25) is 14.7 Å². The third kappa shape index (κ3) is 5.68. The fourth-order valence-electron chi connectivity index (χ4n) is 3.65. The van der Waals surface area contributed by atoms with Crippen molar-refractivity contribution in [1.82, 2.24) is 15.2 Å². The van der Waals surface area contributed by atoms with Gasteiger partial charge in [-0.25, -0.2) is 0 Å². The van der Waals surface area contributed by atoms with E-state index in [2.05, 4.69) is 34.3 Å². The number of pyridine rings is 1. The minimum absolute atomic E-state index is 0.118. The Morgan fingerprint density at radius 3 is 2.77 bits per heavy atom. The first kappa shape index (κ1) is 20.6. The van der Waals surface area contributed by atoms with E-state index in [1.165, 1.54) is 9.75 Å². The van der Waals surface area contributed by atoms with Crippen LogP contribution in [0.1, 0.15) is 38.6 Å². The Labute approximate surface area is 181 Å². The highest BCUT2D eigenvalue weighted by molar-refractivity contribution is 7.11. The number of aromatic nitrogens is 1. The fraction of sp³-hybridized carbons (Fsp3) is 0.333. The van der Waals surface area contributed by atoms with E-state index in [1.54, 1.807) is 6.20 Å². The highest BCUT2D eigenvalue weighted by atomic mass is 32.1. The summed E-state index contributed by atoms with van der Waals surface area (Å²) < 4.78 is 6.20. The molecule has 30 heavy (non-hydrogen) atoms. The molecule has 0 aliphatic carbocycles. The molecule has 5 nitrogen and oxygen atoms in total. The van der Waals surface area contributed by atoms with E-state index in [-0.39, 0.29) is 12.0 Å². The molecule has 1 aromatic carbocycles. The van der Waals surface area contributed by atoms with Crippen molar-refractivity contribution < 1.29 is 9.53 Å². The molecule has 156 valence electrons. The van der Waals surface area contributed by atoms with Gasteiger partial charge in [0.15, 0.2) is 0 Å². The largest absolute Gasteiger partial charge is 0.490 e. The summed E-state index contributed by atoms with van der Waals surface area (Å²) in [6.45, 7) is 5.66. The molecule has 1 N–H and O–H groups in total. The average molecular weight is 422 g/mol. The molecular formula is C24H27N3O2S. The monoisotopic (exact) mass is 421 g/mol. The standard InChI is InChI=1S/C24H27N3O2S/c1-18-8-9-23(30-18)17-27-13-10-21(11-14-27)29-22-7-4-5-19(15-22)24(28)26-16-20-6-2-3-12-25-20/h2-9,12,15,21H,10-11,13-14,16-17H2,1H3,(H,26,28). The second-order valence-corrected chi connectivity index (χ2v) is 9.01. The van der Waals surface area contributed by atoms with Gasteiger partial charge < -0.3 is 10.1 Å². The maximum atomic E-state index is 12.5. The molecule has 3 aromatic rings. The van der Waals surface area contributed by atoms with Crippen LogP contribution in [0.3, 0.4) is 0 Å². The van der Waals surface area contributed by atoms with Crippen LogP contribution in [-0.4, -0.2) is 35.0 Å². The quantitative estimate of drug-likeness (QED) is 0.613. The summed E-state index contributed by atoms with van der Waals surface area (Å²) in [5.74, 6) is 0.639. The normalized spacial score (nSPS) is 15.1. The molecule has 0 atom stereocenters. The number of nitrogens with one attached hydrogen (secondary N) is 1. The van der Waals surface area contributed by atoms with E-state index in [4.69, 9.17) is 4.74 Å². The molecule has 0 bridgehead atoms. The van der Waals surface area contributed by atoms with Gasteiger partial charge >= 0.3 is 0 Å². The number of ether oxygens (including phenoxy) is 1. The molecule has 0 radical (unpaired) electrons. The van der Waals surface area contributed by atoms with Crippen LogP contribution in [0.5, 0.6) is 5.75 Å². The number of nitrogens with zero attached hydrogens (tertiary/aromatic N) is 2. The summed E-state index contributed by atoms with van der Waals surface area (Å²) in [5.41, 5.74) is 1.44. The third-order valence-electron chi connectivity index (χ3n) is 5.27. The van der Waals surface area contributed by atoms with Crippen LogP contribution in [0, 0.1) is 6.92 Å². The van der Waals surface area contributed by atoms with Crippen molar-refractivity contribution in [2.45, 2.75) is 39.0 Å². The number of hydrogen-bond donors (Lipinski definition) is 1. The molecule has 1 fully saturated rings. The maximum absolute atomic E-state index is 12.5. The average Bonchev–Trinajstić information content (AvgIpc) is 3.19. The first-order valence-corrected chi connectivity index (χ1v) is 11.2. The number of rotatable bonds is 7. The second-order valence-electron chi connectivity index (χ2n) is 7.64. The van der Waals surface area contributed by atoms with Crippen LogP contribution in [0.4, 0.5) is 0 Å². The summed E-state index contributed by atoms with van der Waals surface area (Å²) >= 11 is 1.88. The van der Waals surface area contributed by atoms with Crippen molar-refractivity contribution in [2.24, 2.45) is 0 Å². The third-order valence-corrected chi connectivity index (χ3v) is 6.25. The van der Waals surface area contributed by atoms with Gasteiger partial charge in [-0.1, -0.05) is 12.1 Å². The smallest absolute Gasteiger partial charge is 0.251 e. The Balaban J connectivity index is 1.26. The lowest BCUT2D eigenvalue weighted by Gasteiger charge is -2.31. The molecule has 6 heteroatoms. The molecular weight excluding hydrogens is 394 g/mol. The van der Waals surface area contributed by atoms with Gasteiger partial charge in [-0.2, -0.15) is 0 Å². The number of carbonyl (C=O) groups is 1. The Hall–Kier alpha value is -2.70. The predicted molar refractivity (Wildman–Crippen MR) is 120 cm³/mol. The van der Waals surface area contributed by atoms with Gasteiger partial charge in [0.2, 0.25) is 0 Å². The molecule has 0 unspecified atom stereocenters. The van der Waals surface area contributed by atoms with E-state index < -0.39 is 0 Å². The van der Waals surface area contributed by atoms with Crippen molar-refractivity contribution >= 4 is 17.2 Å². The molecule has 3 heterocycles. The predicted octanol–water partition coefficient (Wildman–Crippen LogP) is 4.42. The van der Waals surface area contributed by atoms with Crippen molar-refractivity contribution in [3.63, 3.8) is 0 Å². The van der Waals surface area contributed by atoms with Crippen LogP contribution in [0.15, 0.2) is 60.8 Å². The summed E-state index contributed by atoms with van der Waals surface area (Å²) in [5, 5.41) is 2.91.